The smallest absolute Gasteiger partial charge is 0.415 e. The summed E-state index contributed by atoms with van der Waals surface area (Å²) in [6.45, 7) is 9.65. The van der Waals surface area contributed by atoms with Crippen molar-refractivity contribution in [3.05, 3.63) is 59.2 Å². The Morgan fingerprint density at radius 1 is 1.00 bits per heavy atom. The van der Waals surface area contributed by atoms with E-state index in [-0.39, 0.29) is 12.7 Å². The van der Waals surface area contributed by atoms with E-state index in [2.05, 4.69) is 17.9 Å². The maximum atomic E-state index is 12.4. The molecule has 0 aliphatic carbocycles. The van der Waals surface area contributed by atoms with E-state index in [0.29, 0.717) is 31.9 Å². The average molecular weight is 413 g/mol. The molecule has 1 aliphatic rings. The number of amides is 1. The van der Waals surface area contributed by atoms with Crippen LogP contribution in [0.15, 0.2) is 42.5 Å². The molecule has 1 heterocycles. The van der Waals surface area contributed by atoms with Crippen molar-refractivity contribution in [1.29, 1.82) is 0 Å². The lowest BCUT2D eigenvalue weighted by molar-refractivity contribution is 0.0689. The van der Waals surface area contributed by atoms with E-state index in [0.717, 1.165) is 29.8 Å². The van der Waals surface area contributed by atoms with Crippen molar-refractivity contribution in [1.82, 2.24) is 9.80 Å². The molecule has 2 aromatic carbocycles. The SMILES string of the molecule is Cc1ccc(C)c(OCC(O)CN2CCCN(C(=O)Oc3ccccc3)CC2)c1C. The number of aliphatic hydroxyl groups excluding tert-OH is 1. The Morgan fingerprint density at radius 3 is 2.50 bits per heavy atom. The monoisotopic (exact) mass is 412 g/mol. The Labute approximate surface area is 179 Å². The first-order valence-electron chi connectivity index (χ1n) is 10.6. The number of para-hydroxylation sites is 1. The van der Waals surface area contributed by atoms with Crippen LogP contribution in [0.25, 0.3) is 0 Å². The Hall–Kier alpha value is -2.57. The second-order valence-electron chi connectivity index (χ2n) is 7.94. The molecule has 2 aromatic rings. The van der Waals surface area contributed by atoms with Crippen molar-refractivity contribution in [2.45, 2.75) is 33.3 Å². The number of hydrogen-bond donors (Lipinski definition) is 1. The van der Waals surface area contributed by atoms with Crippen molar-refractivity contribution in [3.8, 4) is 11.5 Å². The minimum absolute atomic E-state index is 0.251. The third kappa shape index (κ3) is 5.97. The number of benzene rings is 2. The Bertz CT molecular complexity index is 841. The highest BCUT2D eigenvalue weighted by Gasteiger charge is 2.22. The first-order valence-corrected chi connectivity index (χ1v) is 10.6. The van der Waals surface area contributed by atoms with E-state index in [1.54, 1.807) is 17.0 Å². The number of aryl methyl sites for hydroxylation is 2. The summed E-state index contributed by atoms with van der Waals surface area (Å²) in [5.74, 6) is 1.41. The topological polar surface area (TPSA) is 62.2 Å². The molecule has 1 amide bonds. The summed E-state index contributed by atoms with van der Waals surface area (Å²) in [5, 5.41) is 10.5. The fourth-order valence-corrected chi connectivity index (χ4v) is 3.67. The van der Waals surface area contributed by atoms with Gasteiger partial charge in [0.15, 0.2) is 0 Å². The Morgan fingerprint density at radius 2 is 1.73 bits per heavy atom. The summed E-state index contributed by atoms with van der Waals surface area (Å²) in [6.07, 6.45) is -0.0717. The van der Waals surface area contributed by atoms with E-state index in [4.69, 9.17) is 9.47 Å². The number of nitrogens with zero attached hydrogens (tertiary/aromatic N) is 2. The molecule has 0 spiro atoms. The first-order chi connectivity index (χ1) is 14.4. The van der Waals surface area contributed by atoms with Crippen LogP contribution < -0.4 is 9.47 Å². The second-order valence-corrected chi connectivity index (χ2v) is 7.94. The van der Waals surface area contributed by atoms with Crippen LogP contribution in [0.3, 0.4) is 0 Å². The molecule has 0 radical (unpaired) electrons. The van der Waals surface area contributed by atoms with Crippen LogP contribution in [0.1, 0.15) is 23.1 Å². The van der Waals surface area contributed by atoms with Crippen molar-refractivity contribution >= 4 is 6.09 Å². The predicted octanol–water partition coefficient (Wildman–Crippen LogP) is 3.56. The van der Waals surface area contributed by atoms with Crippen LogP contribution in [-0.4, -0.2) is 66.4 Å². The second kappa shape index (κ2) is 10.5. The normalized spacial score (nSPS) is 16.1. The number of carbonyl (C=O) groups excluding carboxylic acids is 1. The molecular formula is C24H32N2O4. The van der Waals surface area contributed by atoms with Gasteiger partial charge in [0.25, 0.3) is 0 Å². The molecule has 0 saturated carbocycles. The van der Waals surface area contributed by atoms with Gasteiger partial charge in [-0.2, -0.15) is 0 Å². The number of carbonyl (C=O) groups is 1. The lowest BCUT2D eigenvalue weighted by Gasteiger charge is -2.24. The van der Waals surface area contributed by atoms with Gasteiger partial charge in [0.2, 0.25) is 0 Å². The number of rotatable bonds is 6. The largest absolute Gasteiger partial charge is 0.490 e. The molecule has 1 N–H and O–H groups in total. The van der Waals surface area contributed by atoms with Gasteiger partial charge in [0, 0.05) is 32.7 Å². The zero-order valence-corrected chi connectivity index (χ0v) is 18.1. The minimum Gasteiger partial charge on any atom is -0.490 e. The molecule has 0 bridgehead atoms. The third-order valence-electron chi connectivity index (χ3n) is 5.56. The summed E-state index contributed by atoms with van der Waals surface area (Å²) in [5.41, 5.74) is 3.37. The van der Waals surface area contributed by atoms with E-state index in [1.165, 1.54) is 5.56 Å². The summed E-state index contributed by atoms with van der Waals surface area (Å²) < 4.78 is 11.4. The Balaban J connectivity index is 1.46. The quantitative estimate of drug-likeness (QED) is 0.786. The van der Waals surface area contributed by atoms with Gasteiger partial charge in [-0.25, -0.2) is 4.79 Å². The number of hydrogen-bond acceptors (Lipinski definition) is 5. The zero-order valence-electron chi connectivity index (χ0n) is 18.1. The van der Waals surface area contributed by atoms with Crippen LogP contribution in [-0.2, 0) is 0 Å². The third-order valence-corrected chi connectivity index (χ3v) is 5.56. The van der Waals surface area contributed by atoms with E-state index in [9.17, 15) is 9.90 Å². The first kappa shape index (κ1) is 22.1. The van der Waals surface area contributed by atoms with Crippen molar-refractivity contribution in [2.75, 3.05) is 39.3 Å². The molecule has 162 valence electrons. The van der Waals surface area contributed by atoms with Gasteiger partial charge in [0.1, 0.15) is 24.2 Å². The predicted molar refractivity (Wildman–Crippen MR) is 117 cm³/mol. The molecular weight excluding hydrogens is 380 g/mol. The lowest BCUT2D eigenvalue weighted by Crippen LogP contribution is -2.40. The highest BCUT2D eigenvalue weighted by atomic mass is 16.6. The van der Waals surface area contributed by atoms with Gasteiger partial charge in [-0.05, 0) is 56.0 Å². The van der Waals surface area contributed by atoms with Crippen LogP contribution >= 0.6 is 0 Å². The van der Waals surface area contributed by atoms with Crippen LogP contribution in [0.5, 0.6) is 11.5 Å². The van der Waals surface area contributed by atoms with Crippen molar-refractivity contribution < 1.29 is 19.4 Å². The van der Waals surface area contributed by atoms with Gasteiger partial charge in [0.05, 0.1) is 0 Å². The summed E-state index contributed by atoms with van der Waals surface area (Å²) >= 11 is 0. The summed E-state index contributed by atoms with van der Waals surface area (Å²) in [6, 6.07) is 13.2. The molecule has 1 unspecified atom stereocenters. The maximum absolute atomic E-state index is 12.4. The molecule has 0 aromatic heterocycles. The van der Waals surface area contributed by atoms with Crippen molar-refractivity contribution in [2.24, 2.45) is 0 Å². The average Bonchev–Trinajstić information content (AvgIpc) is 2.97. The van der Waals surface area contributed by atoms with Crippen molar-refractivity contribution in [3.63, 3.8) is 0 Å². The number of ether oxygens (including phenoxy) is 2. The fourth-order valence-electron chi connectivity index (χ4n) is 3.67. The Kier molecular flexibility index (Phi) is 7.71. The fraction of sp³-hybridized carbons (Fsp3) is 0.458. The standard InChI is InChI=1S/C24H32N2O4/c1-18-10-11-19(2)23(20(18)3)29-17-21(27)16-25-12-7-13-26(15-14-25)24(28)30-22-8-5-4-6-9-22/h4-6,8-11,21,27H,7,12-17H2,1-3H3. The van der Waals surface area contributed by atoms with Gasteiger partial charge in [-0.1, -0.05) is 30.3 Å². The molecule has 1 saturated heterocycles. The molecule has 1 aliphatic heterocycles. The molecule has 30 heavy (non-hydrogen) atoms. The molecule has 6 nitrogen and oxygen atoms in total. The van der Waals surface area contributed by atoms with E-state index < -0.39 is 6.10 Å². The van der Waals surface area contributed by atoms with Crippen LogP contribution in [0.2, 0.25) is 0 Å². The van der Waals surface area contributed by atoms with Gasteiger partial charge >= 0.3 is 6.09 Å². The molecule has 3 rings (SSSR count). The van der Waals surface area contributed by atoms with Gasteiger partial charge in [-0.3, -0.25) is 4.90 Å². The molecule has 6 heteroatoms. The van der Waals surface area contributed by atoms with Gasteiger partial charge < -0.3 is 19.5 Å². The van der Waals surface area contributed by atoms with E-state index >= 15 is 0 Å². The maximum Gasteiger partial charge on any atom is 0.415 e. The highest BCUT2D eigenvalue weighted by Crippen LogP contribution is 2.25. The van der Waals surface area contributed by atoms with Crippen LogP contribution in [0.4, 0.5) is 4.79 Å². The summed E-state index contributed by atoms with van der Waals surface area (Å²) in [4.78, 5) is 16.3. The van der Waals surface area contributed by atoms with Gasteiger partial charge in [-0.15, -0.1) is 0 Å². The van der Waals surface area contributed by atoms with Crippen LogP contribution in [0, 0.1) is 20.8 Å². The lowest BCUT2D eigenvalue weighted by atomic mass is 10.1. The summed E-state index contributed by atoms with van der Waals surface area (Å²) in [7, 11) is 0. The highest BCUT2D eigenvalue weighted by molar-refractivity contribution is 5.70. The molecule has 1 fully saturated rings. The zero-order chi connectivity index (χ0) is 21.5. The number of β-amino-alcohol motifs (C(OH)–C–C–N with tert-alkyl or cyclic N) is 1. The van der Waals surface area contributed by atoms with E-state index in [1.807, 2.05) is 38.1 Å². The molecule has 1 atom stereocenters. The number of aliphatic hydroxyl groups is 1. The minimum atomic E-state index is -0.591.